The van der Waals surface area contributed by atoms with Crippen LogP contribution in [0.5, 0.6) is 0 Å². The molecule has 0 unspecified atom stereocenters. The zero-order valence-corrected chi connectivity index (χ0v) is 22.9. The van der Waals surface area contributed by atoms with Crippen LogP contribution in [-0.4, -0.2) is 0 Å². The maximum Gasteiger partial charge on any atom is 0.146 e. The van der Waals surface area contributed by atoms with Crippen molar-refractivity contribution in [2.75, 3.05) is 0 Å². The van der Waals surface area contributed by atoms with Crippen molar-refractivity contribution in [1.82, 2.24) is 0 Å². The van der Waals surface area contributed by atoms with Crippen LogP contribution in [-0.2, 0) is 0 Å². The molecule has 7 aromatic carbocycles. The first kappa shape index (κ1) is 22.8. The van der Waals surface area contributed by atoms with E-state index >= 15 is 0 Å². The molecule has 0 N–H and O–H groups in total. The predicted molar refractivity (Wildman–Crippen MR) is 177 cm³/mol. The van der Waals surface area contributed by atoms with Gasteiger partial charge in [0.1, 0.15) is 33.7 Å². The lowest BCUT2D eigenvalue weighted by molar-refractivity contribution is 0.635. The van der Waals surface area contributed by atoms with E-state index in [0.29, 0.717) is 0 Å². The Bertz CT molecular complexity index is 2680. The Morgan fingerprint density at radius 3 is 1.65 bits per heavy atom. The molecule has 0 saturated heterocycles. The van der Waals surface area contributed by atoms with Crippen LogP contribution in [0.25, 0.3) is 98.8 Å². The first-order valence-electron chi connectivity index (χ1n) is 14.5. The van der Waals surface area contributed by atoms with E-state index in [1.54, 1.807) is 0 Å². The Kier molecular flexibility index (Phi) is 4.45. The average Bonchev–Trinajstić information content (AvgIpc) is 3.76. The van der Waals surface area contributed by atoms with Crippen molar-refractivity contribution in [2.45, 2.75) is 0 Å². The summed E-state index contributed by atoms with van der Waals surface area (Å²) in [4.78, 5) is 0. The molecule has 3 nitrogen and oxygen atoms in total. The molecular weight excluding hydrogens is 528 g/mol. The molecule has 43 heavy (non-hydrogen) atoms. The molecular formula is C40H22O3. The lowest BCUT2D eigenvalue weighted by atomic mass is 9.87. The summed E-state index contributed by atoms with van der Waals surface area (Å²) in [5.74, 6) is 0.841. The summed E-state index contributed by atoms with van der Waals surface area (Å²) >= 11 is 0. The highest BCUT2D eigenvalue weighted by molar-refractivity contribution is 6.25. The Labute approximate surface area is 245 Å². The topological polar surface area (TPSA) is 39.4 Å². The minimum absolute atomic E-state index is 0.832. The van der Waals surface area contributed by atoms with E-state index in [4.69, 9.17) is 13.3 Å². The maximum atomic E-state index is 6.83. The van der Waals surface area contributed by atoms with Crippen molar-refractivity contribution in [1.29, 1.82) is 0 Å². The standard InChI is InChI=1S/C40H22O3/c1-3-13-27-25(11-1)36(31-17-9-16-29-24-10-5-7-18-32(24)42-40(29)31)26-12-2-4-14-28(26)37(27)35-22-23-20-21-34-38(39(23)43-35)30-15-6-8-19-33(30)41-34/h1-22H. The number of fused-ring (bicyclic) bond motifs is 10. The molecule has 0 amide bonds. The van der Waals surface area contributed by atoms with Crippen LogP contribution in [0.4, 0.5) is 0 Å². The third kappa shape index (κ3) is 3.08. The Morgan fingerprint density at radius 1 is 0.349 bits per heavy atom. The molecule has 0 radical (unpaired) electrons. The van der Waals surface area contributed by atoms with Gasteiger partial charge in [0.25, 0.3) is 0 Å². The van der Waals surface area contributed by atoms with Gasteiger partial charge in [-0.2, -0.15) is 0 Å². The molecule has 0 atom stereocenters. The van der Waals surface area contributed by atoms with Crippen LogP contribution in [0.1, 0.15) is 0 Å². The highest BCUT2D eigenvalue weighted by Crippen LogP contribution is 2.48. The molecule has 0 aliphatic heterocycles. The average molecular weight is 551 g/mol. The van der Waals surface area contributed by atoms with Gasteiger partial charge in [-0.15, -0.1) is 0 Å². The molecule has 0 aliphatic rings. The minimum Gasteiger partial charge on any atom is -0.456 e. The highest BCUT2D eigenvalue weighted by Gasteiger charge is 2.22. The fraction of sp³-hybridized carbons (Fsp3) is 0. The van der Waals surface area contributed by atoms with E-state index in [1.165, 1.54) is 5.56 Å². The lowest BCUT2D eigenvalue weighted by Gasteiger charge is -2.16. The number of benzene rings is 7. The third-order valence-corrected chi connectivity index (χ3v) is 8.88. The van der Waals surface area contributed by atoms with Gasteiger partial charge in [-0.1, -0.05) is 103 Å². The Balaban J connectivity index is 1.33. The van der Waals surface area contributed by atoms with Crippen LogP contribution in [0.3, 0.4) is 0 Å². The number of furan rings is 3. The number of hydrogen-bond acceptors (Lipinski definition) is 3. The van der Waals surface area contributed by atoms with E-state index in [2.05, 4.69) is 97.1 Å². The van der Waals surface area contributed by atoms with E-state index in [-0.39, 0.29) is 0 Å². The molecule has 3 heteroatoms. The molecule has 10 aromatic rings. The Hall–Kier alpha value is -5.80. The van der Waals surface area contributed by atoms with Crippen molar-refractivity contribution in [3.05, 3.63) is 133 Å². The van der Waals surface area contributed by atoms with Crippen molar-refractivity contribution >= 4 is 76.4 Å². The molecule has 0 fully saturated rings. The van der Waals surface area contributed by atoms with Gasteiger partial charge in [-0.05, 0) is 51.9 Å². The molecule has 200 valence electrons. The van der Waals surface area contributed by atoms with Gasteiger partial charge in [-0.25, -0.2) is 0 Å². The summed E-state index contributed by atoms with van der Waals surface area (Å²) in [7, 11) is 0. The van der Waals surface area contributed by atoms with Gasteiger partial charge >= 0.3 is 0 Å². The van der Waals surface area contributed by atoms with Crippen molar-refractivity contribution in [2.24, 2.45) is 0 Å². The van der Waals surface area contributed by atoms with Crippen LogP contribution >= 0.6 is 0 Å². The predicted octanol–water partition coefficient (Wildman–Crippen LogP) is 11.9. The SMILES string of the molecule is c1ccc2c(c1)oc1c(-c3c4ccccc4c(-c4cc5ccc6oc7ccccc7c6c5o4)c4ccccc34)cccc12. The zero-order valence-electron chi connectivity index (χ0n) is 22.9. The maximum absolute atomic E-state index is 6.83. The second kappa shape index (κ2) is 8.37. The monoisotopic (exact) mass is 550 g/mol. The van der Waals surface area contributed by atoms with Gasteiger partial charge in [0.05, 0.1) is 5.39 Å². The van der Waals surface area contributed by atoms with Crippen molar-refractivity contribution < 1.29 is 13.3 Å². The van der Waals surface area contributed by atoms with Crippen LogP contribution in [0, 0.1) is 0 Å². The number of hydrogen-bond donors (Lipinski definition) is 0. The largest absolute Gasteiger partial charge is 0.456 e. The summed E-state index contributed by atoms with van der Waals surface area (Å²) < 4.78 is 19.5. The second-order valence-electron chi connectivity index (χ2n) is 11.2. The normalized spacial score (nSPS) is 12.2. The second-order valence-corrected chi connectivity index (χ2v) is 11.2. The van der Waals surface area contributed by atoms with Crippen LogP contribution in [0.15, 0.2) is 147 Å². The fourth-order valence-corrected chi connectivity index (χ4v) is 7.06. The minimum atomic E-state index is 0.832. The summed E-state index contributed by atoms with van der Waals surface area (Å²) in [5.41, 5.74) is 7.69. The van der Waals surface area contributed by atoms with E-state index in [1.807, 2.05) is 36.4 Å². The van der Waals surface area contributed by atoms with E-state index < -0.39 is 0 Å². The van der Waals surface area contributed by atoms with Gasteiger partial charge < -0.3 is 13.3 Å². The summed E-state index contributed by atoms with van der Waals surface area (Å²) in [6.07, 6.45) is 0. The molecule has 3 aromatic heterocycles. The summed E-state index contributed by atoms with van der Waals surface area (Å²) in [6, 6.07) is 46.5. The van der Waals surface area contributed by atoms with Crippen molar-refractivity contribution in [3.8, 4) is 22.5 Å². The molecule has 10 rings (SSSR count). The van der Waals surface area contributed by atoms with Crippen LogP contribution in [0.2, 0.25) is 0 Å². The fourth-order valence-electron chi connectivity index (χ4n) is 7.06. The molecule has 3 heterocycles. The van der Waals surface area contributed by atoms with Crippen molar-refractivity contribution in [3.63, 3.8) is 0 Å². The van der Waals surface area contributed by atoms with Crippen LogP contribution < -0.4 is 0 Å². The molecule has 0 spiro atoms. The smallest absolute Gasteiger partial charge is 0.146 e. The Morgan fingerprint density at radius 2 is 0.930 bits per heavy atom. The quantitative estimate of drug-likeness (QED) is 0.201. The zero-order chi connectivity index (χ0) is 28.1. The lowest BCUT2D eigenvalue weighted by Crippen LogP contribution is -1.90. The van der Waals surface area contributed by atoms with E-state index in [0.717, 1.165) is 93.3 Å². The summed E-state index contributed by atoms with van der Waals surface area (Å²) in [6.45, 7) is 0. The first-order valence-corrected chi connectivity index (χ1v) is 14.5. The first-order chi connectivity index (χ1) is 21.3. The van der Waals surface area contributed by atoms with Gasteiger partial charge in [0.15, 0.2) is 0 Å². The number of para-hydroxylation sites is 3. The van der Waals surface area contributed by atoms with Gasteiger partial charge in [-0.3, -0.25) is 0 Å². The van der Waals surface area contributed by atoms with E-state index in [9.17, 15) is 0 Å². The molecule has 0 saturated carbocycles. The summed E-state index contributed by atoms with van der Waals surface area (Å²) in [5, 5.41) is 9.97. The molecule has 0 bridgehead atoms. The van der Waals surface area contributed by atoms with Gasteiger partial charge in [0, 0.05) is 38.2 Å². The third-order valence-electron chi connectivity index (χ3n) is 8.88. The molecule has 0 aliphatic carbocycles. The highest BCUT2D eigenvalue weighted by atomic mass is 16.3. The number of rotatable bonds is 2. The van der Waals surface area contributed by atoms with Gasteiger partial charge in [0.2, 0.25) is 0 Å².